The van der Waals surface area contributed by atoms with Gasteiger partial charge in [-0.1, -0.05) is 30.3 Å². The van der Waals surface area contributed by atoms with Crippen LogP contribution in [0.5, 0.6) is 0 Å². The number of hydrogen-bond acceptors (Lipinski definition) is 8. The van der Waals surface area contributed by atoms with Crippen molar-refractivity contribution < 1.29 is 34.7 Å². The highest BCUT2D eigenvalue weighted by Crippen LogP contribution is 2.21. The normalized spacial score (nSPS) is 21.3. The lowest BCUT2D eigenvalue weighted by atomic mass is 10.2. The average molecular weight is 393 g/mol. The van der Waals surface area contributed by atoms with Gasteiger partial charge >= 0.3 is 6.09 Å². The maximum absolute atomic E-state index is 12.1. The van der Waals surface area contributed by atoms with Crippen molar-refractivity contribution in [2.75, 3.05) is 25.6 Å². The van der Waals surface area contributed by atoms with Gasteiger partial charge in [-0.05, 0) is 5.56 Å². The maximum Gasteiger partial charge on any atom is 0.410 e. The second-order valence-electron chi connectivity index (χ2n) is 5.62. The minimum absolute atomic E-state index is 0.0331. The first kappa shape index (κ1) is 19.6. The number of nitrogens with zero attached hydrogens (tertiary/aromatic N) is 1. The lowest BCUT2D eigenvalue weighted by molar-refractivity contribution is 0.0994. The molecule has 0 radical (unpaired) electrons. The van der Waals surface area contributed by atoms with Crippen molar-refractivity contribution in [1.82, 2.24) is 4.90 Å². The minimum atomic E-state index is -3.85. The zero-order valence-electron chi connectivity index (χ0n) is 13.7. The molecule has 2 atom stereocenters. The Bertz CT molecular complexity index is 764. The third-order valence-corrected chi connectivity index (χ3v) is 4.47. The van der Waals surface area contributed by atoms with Crippen molar-refractivity contribution >= 4 is 26.3 Å². The smallest absolute Gasteiger partial charge is 0.410 e. The van der Waals surface area contributed by atoms with E-state index in [4.69, 9.17) is 13.1 Å². The molecule has 0 spiro atoms. The van der Waals surface area contributed by atoms with E-state index in [9.17, 15) is 21.6 Å². The number of benzene rings is 1. The van der Waals surface area contributed by atoms with E-state index >= 15 is 0 Å². The summed E-state index contributed by atoms with van der Waals surface area (Å²) in [5.74, 6) is 0. The Morgan fingerprint density at radius 2 is 1.48 bits per heavy atom. The number of ether oxygens (including phenoxy) is 1. The van der Waals surface area contributed by atoms with Crippen LogP contribution in [0, 0.1) is 0 Å². The number of carbonyl (C=O) groups is 1. The molecule has 1 heterocycles. The van der Waals surface area contributed by atoms with Crippen LogP contribution >= 0.6 is 0 Å². The first-order valence-corrected chi connectivity index (χ1v) is 10.9. The van der Waals surface area contributed by atoms with Crippen molar-refractivity contribution in [1.29, 1.82) is 0 Å². The Morgan fingerprint density at radius 3 is 1.92 bits per heavy atom. The molecule has 1 aromatic rings. The SMILES string of the molecule is CS(=O)(=O)O[C@@H]1CN(C(=O)OCc2ccccc2)C[C@H]1OS(C)(=O)=O. The monoisotopic (exact) mass is 393 g/mol. The molecular weight excluding hydrogens is 374 g/mol. The molecule has 0 aromatic heterocycles. The van der Waals surface area contributed by atoms with Crippen LogP contribution in [0.25, 0.3) is 0 Å². The van der Waals surface area contributed by atoms with E-state index < -0.39 is 38.5 Å². The van der Waals surface area contributed by atoms with Crippen molar-refractivity contribution in [3.05, 3.63) is 35.9 Å². The number of hydrogen-bond donors (Lipinski definition) is 0. The number of likely N-dealkylation sites (tertiary alicyclic amines) is 1. The summed E-state index contributed by atoms with van der Waals surface area (Å²) in [4.78, 5) is 13.3. The largest absolute Gasteiger partial charge is 0.445 e. The van der Waals surface area contributed by atoms with Gasteiger partial charge in [0.15, 0.2) is 0 Å². The first-order chi connectivity index (χ1) is 11.5. The van der Waals surface area contributed by atoms with Gasteiger partial charge in [0, 0.05) is 0 Å². The lowest BCUT2D eigenvalue weighted by Crippen LogP contribution is -2.33. The van der Waals surface area contributed by atoms with Crippen molar-refractivity contribution in [3.63, 3.8) is 0 Å². The number of rotatable bonds is 6. The highest BCUT2D eigenvalue weighted by Gasteiger charge is 2.41. The summed E-state index contributed by atoms with van der Waals surface area (Å²) in [5.41, 5.74) is 0.780. The van der Waals surface area contributed by atoms with Crippen LogP contribution in [-0.4, -0.2) is 65.6 Å². The Labute approximate surface area is 146 Å². The van der Waals surface area contributed by atoms with Gasteiger partial charge < -0.3 is 9.64 Å². The highest BCUT2D eigenvalue weighted by atomic mass is 32.2. The quantitative estimate of drug-likeness (QED) is 0.635. The molecule has 1 aliphatic rings. The van der Waals surface area contributed by atoms with E-state index in [1.807, 2.05) is 6.07 Å². The third kappa shape index (κ3) is 6.61. The predicted molar refractivity (Wildman–Crippen MR) is 87.6 cm³/mol. The Balaban J connectivity index is 2.02. The van der Waals surface area contributed by atoms with Gasteiger partial charge in [-0.25, -0.2) is 4.79 Å². The fourth-order valence-corrected chi connectivity index (χ4v) is 3.61. The summed E-state index contributed by atoms with van der Waals surface area (Å²) < 4.78 is 60.1. The van der Waals surface area contributed by atoms with E-state index in [-0.39, 0.29) is 19.7 Å². The van der Waals surface area contributed by atoms with Crippen molar-refractivity contribution in [2.24, 2.45) is 0 Å². The molecule has 25 heavy (non-hydrogen) atoms. The summed E-state index contributed by atoms with van der Waals surface area (Å²) >= 11 is 0. The predicted octanol–water partition coefficient (Wildman–Crippen LogP) is 0.328. The summed E-state index contributed by atoms with van der Waals surface area (Å²) in [6.07, 6.45) is -1.31. The van der Waals surface area contributed by atoms with Crippen molar-refractivity contribution in [3.8, 4) is 0 Å². The molecule has 140 valence electrons. The fourth-order valence-electron chi connectivity index (χ4n) is 2.34. The van der Waals surface area contributed by atoms with Crippen LogP contribution in [0.15, 0.2) is 30.3 Å². The van der Waals surface area contributed by atoms with E-state index in [1.54, 1.807) is 24.3 Å². The molecule has 1 saturated heterocycles. The molecule has 2 rings (SSSR count). The Hall–Kier alpha value is -1.69. The topological polar surface area (TPSA) is 116 Å². The zero-order valence-corrected chi connectivity index (χ0v) is 15.3. The summed E-state index contributed by atoms with van der Waals surface area (Å²) in [6.45, 7) is -0.298. The van der Waals surface area contributed by atoms with E-state index in [1.165, 1.54) is 0 Å². The van der Waals surface area contributed by atoms with Gasteiger partial charge in [0.05, 0.1) is 25.6 Å². The molecule has 1 amide bonds. The highest BCUT2D eigenvalue weighted by molar-refractivity contribution is 7.86. The molecule has 0 bridgehead atoms. The van der Waals surface area contributed by atoms with Crippen LogP contribution in [0.3, 0.4) is 0 Å². The number of carbonyl (C=O) groups excluding carboxylic acids is 1. The van der Waals surface area contributed by atoms with Crippen molar-refractivity contribution in [2.45, 2.75) is 18.8 Å². The van der Waals surface area contributed by atoms with Crippen LogP contribution in [0.1, 0.15) is 5.56 Å². The first-order valence-electron chi connectivity index (χ1n) is 7.25. The fraction of sp³-hybridized carbons (Fsp3) is 0.500. The Kier molecular flexibility index (Phi) is 6.03. The van der Waals surface area contributed by atoms with E-state index in [0.717, 1.165) is 23.0 Å². The summed E-state index contributed by atoms with van der Waals surface area (Å²) in [5, 5.41) is 0. The van der Waals surface area contributed by atoms with E-state index in [0.29, 0.717) is 0 Å². The average Bonchev–Trinajstić information content (AvgIpc) is 2.84. The van der Waals surface area contributed by atoms with Gasteiger partial charge in [-0.3, -0.25) is 8.37 Å². The second-order valence-corrected chi connectivity index (χ2v) is 8.82. The minimum Gasteiger partial charge on any atom is -0.445 e. The molecule has 9 nitrogen and oxygen atoms in total. The van der Waals surface area contributed by atoms with Gasteiger partial charge in [-0.2, -0.15) is 16.8 Å². The number of amides is 1. The zero-order chi connectivity index (χ0) is 18.7. The van der Waals surface area contributed by atoms with Crippen LogP contribution in [-0.2, 0) is 39.9 Å². The molecule has 0 unspecified atom stereocenters. The summed E-state index contributed by atoms with van der Waals surface area (Å²) in [6, 6.07) is 8.98. The third-order valence-electron chi connectivity index (χ3n) is 3.28. The molecular formula is C14H19NO8S2. The van der Waals surface area contributed by atoms with Gasteiger partial charge in [0.1, 0.15) is 18.8 Å². The van der Waals surface area contributed by atoms with Crippen LogP contribution in [0.2, 0.25) is 0 Å². The molecule has 0 aliphatic carbocycles. The Morgan fingerprint density at radius 1 is 1.00 bits per heavy atom. The molecule has 1 aliphatic heterocycles. The lowest BCUT2D eigenvalue weighted by Gasteiger charge is -2.15. The second kappa shape index (κ2) is 7.68. The molecule has 0 N–H and O–H groups in total. The van der Waals surface area contributed by atoms with Gasteiger partial charge in [-0.15, -0.1) is 0 Å². The van der Waals surface area contributed by atoms with Crippen LogP contribution in [0.4, 0.5) is 4.79 Å². The molecule has 1 aromatic carbocycles. The standard InChI is InChI=1S/C14H19NO8S2/c1-24(17,18)22-12-8-15(9-13(12)23-25(2,19)20)14(16)21-10-11-6-4-3-5-7-11/h3-7,12-13H,8-10H2,1-2H3/t12-,13-/m1/s1. The van der Waals surface area contributed by atoms with Gasteiger partial charge in [0.25, 0.3) is 20.2 Å². The van der Waals surface area contributed by atoms with E-state index in [2.05, 4.69) is 0 Å². The summed E-state index contributed by atoms with van der Waals surface area (Å²) in [7, 11) is -7.71. The molecule has 1 fully saturated rings. The molecule has 0 saturated carbocycles. The van der Waals surface area contributed by atoms with Gasteiger partial charge in [0.2, 0.25) is 0 Å². The maximum atomic E-state index is 12.1. The molecule has 11 heteroatoms. The van der Waals surface area contributed by atoms with Crippen LogP contribution < -0.4 is 0 Å².